The van der Waals surface area contributed by atoms with Gasteiger partial charge in [0.25, 0.3) is 5.91 Å². The van der Waals surface area contributed by atoms with Crippen LogP contribution in [0.25, 0.3) is 0 Å². The molecule has 7 nitrogen and oxygen atoms in total. The molecule has 0 saturated carbocycles. The number of anilines is 2. The Morgan fingerprint density at radius 2 is 2.04 bits per heavy atom. The number of amidine groups is 1. The van der Waals surface area contributed by atoms with Crippen molar-refractivity contribution in [3.8, 4) is 5.75 Å². The molecule has 7 heteroatoms. The Bertz CT molecular complexity index is 879. The van der Waals surface area contributed by atoms with Gasteiger partial charge >= 0.3 is 0 Å². The summed E-state index contributed by atoms with van der Waals surface area (Å²) in [6.07, 6.45) is 1.26. The van der Waals surface area contributed by atoms with Gasteiger partial charge in [0, 0.05) is 29.9 Å². The van der Waals surface area contributed by atoms with Crippen LogP contribution in [0.15, 0.2) is 48.5 Å². The number of hydrogen-bond donors (Lipinski definition) is 3. The predicted molar refractivity (Wildman–Crippen MR) is 109 cm³/mol. The van der Waals surface area contributed by atoms with Gasteiger partial charge in [-0.1, -0.05) is 19.1 Å². The molecule has 4 N–H and O–H groups in total. The van der Waals surface area contributed by atoms with Crippen LogP contribution in [0.5, 0.6) is 5.75 Å². The van der Waals surface area contributed by atoms with Gasteiger partial charge < -0.3 is 20.7 Å². The molecule has 0 aromatic heterocycles. The lowest BCUT2D eigenvalue weighted by Gasteiger charge is -2.19. The number of nitrogens with zero attached hydrogens (tertiary/aromatic N) is 1. The highest BCUT2D eigenvalue weighted by molar-refractivity contribution is 5.97. The van der Waals surface area contributed by atoms with E-state index in [1.807, 2.05) is 19.1 Å². The van der Waals surface area contributed by atoms with Gasteiger partial charge in [0.1, 0.15) is 11.6 Å². The zero-order chi connectivity index (χ0) is 20.1. The molecule has 28 heavy (non-hydrogen) atoms. The summed E-state index contributed by atoms with van der Waals surface area (Å²) in [6, 6.07) is 14.0. The Labute approximate surface area is 164 Å². The first kappa shape index (κ1) is 19.4. The van der Waals surface area contributed by atoms with E-state index >= 15 is 0 Å². The van der Waals surface area contributed by atoms with Gasteiger partial charge in [-0.3, -0.25) is 15.0 Å². The fraction of sp³-hybridized carbons (Fsp3) is 0.286. The second-order valence-electron chi connectivity index (χ2n) is 6.64. The minimum atomic E-state index is -0.679. The maximum atomic E-state index is 12.6. The highest BCUT2D eigenvalue weighted by Crippen LogP contribution is 2.23. The number of nitrogens with two attached hydrogens (primary N) is 1. The Hall–Kier alpha value is -3.35. The van der Waals surface area contributed by atoms with E-state index in [-0.39, 0.29) is 17.6 Å². The molecule has 1 atom stereocenters. The van der Waals surface area contributed by atoms with Gasteiger partial charge in [0.2, 0.25) is 5.91 Å². The van der Waals surface area contributed by atoms with Crippen LogP contribution < -0.4 is 20.7 Å². The quantitative estimate of drug-likeness (QED) is 0.507. The number of carbonyl (C=O) groups is 2. The minimum absolute atomic E-state index is 0.0560. The molecule has 0 spiro atoms. The van der Waals surface area contributed by atoms with E-state index in [0.717, 1.165) is 18.7 Å². The van der Waals surface area contributed by atoms with Gasteiger partial charge in [0.15, 0.2) is 6.10 Å². The molecular formula is C21H24N4O3. The summed E-state index contributed by atoms with van der Waals surface area (Å²) in [5.41, 5.74) is 7.52. The average Bonchev–Trinajstić information content (AvgIpc) is 3.12. The third-order valence-corrected chi connectivity index (χ3v) is 4.61. The van der Waals surface area contributed by atoms with Crippen molar-refractivity contribution in [1.82, 2.24) is 0 Å². The zero-order valence-electron chi connectivity index (χ0n) is 15.8. The van der Waals surface area contributed by atoms with Crippen molar-refractivity contribution in [1.29, 1.82) is 5.41 Å². The zero-order valence-corrected chi connectivity index (χ0v) is 15.8. The van der Waals surface area contributed by atoms with Gasteiger partial charge in [-0.05, 0) is 49.2 Å². The van der Waals surface area contributed by atoms with Crippen molar-refractivity contribution in [2.75, 3.05) is 16.8 Å². The number of carbonyl (C=O) groups excluding carboxylic acids is 2. The second kappa shape index (κ2) is 8.56. The summed E-state index contributed by atoms with van der Waals surface area (Å²) >= 11 is 0. The van der Waals surface area contributed by atoms with Crippen molar-refractivity contribution >= 4 is 29.0 Å². The van der Waals surface area contributed by atoms with Crippen molar-refractivity contribution in [2.45, 2.75) is 32.3 Å². The summed E-state index contributed by atoms with van der Waals surface area (Å²) in [5, 5.41) is 10.3. The first-order valence-corrected chi connectivity index (χ1v) is 9.30. The monoisotopic (exact) mass is 380 g/mol. The lowest BCUT2D eigenvalue weighted by molar-refractivity contribution is -0.122. The van der Waals surface area contributed by atoms with Crippen LogP contribution in [0.2, 0.25) is 0 Å². The third-order valence-electron chi connectivity index (χ3n) is 4.61. The Morgan fingerprint density at radius 1 is 1.29 bits per heavy atom. The summed E-state index contributed by atoms with van der Waals surface area (Å²) in [5.74, 6) is 0.293. The van der Waals surface area contributed by atoms with E-state index in [9.17, 15) is 9.59 Å². The third kappa shape index (κ3) is 4.49. The molecule has 146 valence electrons. The highest BCUT2D eigenvalue weighted by atomic mass is 16.5. The number of nitrogens with one attached hydrogen (secondary N) is 2. The highest BCUT2D eigenvalue weighted by Gasteiger charge is 2.22. The van der Waals surface area contributed by atoms with Crippen LogP contribution in [-0.4, -0.2) is 30.3 Å². The fourth-order valence-electron chi connectivity index (χ4n) is 3.09. The van der Waals surface area contributed by atoms with Crippen molar-refractivity contribution in [3.05, 3.63) is 54.1 Å². The van der Waals surface area contributed by atoms with Crippen molar-refractivity contribution in [3.63, 3.8) is 0 Å². The van der Waals surface area contributed by atoms with Gasteiger partial charge in [-0.15, -0.1) is 0 Å². The number of hydrogen-bond acceptors (Lipinski definition) is 4. The standard InChI is InChI=1S/C21H24N4O3/c1-2-18(28-17-6-3-5-14(13-17)20(22)23)21(27)24-15-8-10-16(11-9-15)25-12-4-7-19(25)26/h3,5-6,8-11,13,18H,2,4,7,12H2,1H3,(H3,22,23)(H,24,27). The van der Waals surface area contributed by atoms with Gasteiger partial charge in [-0.25, -0.2) is 0 Å². The Balaban J connectivity index is 1.64. The van der Waals surface area contributed by atoms with Gasteiger partial charge in [-0.2, -0.15) is 0 Å². The largest absolute Gasteiger partial charge is 0.481 e. The van der Waals surface area contributed by atoms with E-state index in [0.29, 0.717) is 29.8 Å². The minimum Gasteiger partial charge on any atom is -0.481 e. The number of amides is 2. The normalized spacial score (nSPS) is 14.6. The average molecular weight is 380 g/mol. The van der Waals surface area contributed by atoms with Crippen LogP contribution in [0.4, 0.5) is 11.4 Å². The molecule has 1 unspecified atom stereocenters. The maximum absolute atomic E-state index is 12.6. The van der Waals surface area contributed by atoms with E-state index in [4.69, 9.17) is 15.9 Å². The molecule has 1 aliphatic heterocycles. The van der Waals surface area contributed by atoms with Crippen molar-refractivity contribution in [2.24, 2.45) is 5.73 Å². The molecule has 3 rings (SSSR count). The first-order valence-electron chi connectivity index (χ1n) is 9.30. The molecule has 1 aliphatic rings. The topological polar surface area (TPSA) is 109 Å². The van der Waals surface area contributed by atoms with Crippen LogP contribution >= 0.6 is 0 Å². The summed E-state index contributed by atoms with van der Waals surface area (Å²) in [6.45, 7) is 2.59. The SMILES string of the molecule is CCC(Oc1cccc(C(=N)N)c1)C(=O)Nc1ccc(N2CCCC2=O)cc1. The molecule has 2 aromatic rings. The molecule has 2 aromatic carbocycles. The second-order valence-corrected chi connectivity index (χ2v) is 6.64. The molecular weight excluding hydrogens is 356 g/mol. The van der Waals surface area contributed by atoms with E-state index < -0.39 is 6.10 Å². The predicted octanol–water partition coefficient (Wildman–Crippen LogP) is 2.89. The Kier molecular flexibility index (Phi) is 5.93. The summed E-state index contributed by atoms with van der Waals surface area (Å²) < 4.78 is 5.79. The molecule has 0 radical (unpaired) electrons. The number of ether oxygens (including phenoxy) is 1. The number of nitrogen functional groups attached to an aromatic ring is 1. The van der Waals surface area contributed by atoms with E-state index in [1.165, 1.54) is 0 Å². The molecule has 1 fully saturated rings. The van der Waals surface area contributed by atoms with Crippen molar-refractivity contribution < 1.29 is 14.3 Å². The maximum Gasteiger partial charge on any atom is 0.265 e. The summed E-state index contributed by atoms with van der Waals surface area (Å²) in [7, 11) is 0. The molecule has 0 aliphatic carbocycles. The summed E-state index contributed by atoms with van der Waals surface area (Å²) in [4.78, 5) is 26.2. The lowest BCUT2D eigenvalue weighted by Crippen LogP contribution is -2.32. The van der Waals surface area contributed by atoms with Crippen LogP contribution in [-0.2, 0) is 9.59 Å². The molecule has 1 saturated heterocycles. The lowest BCUT2D eigenvalue weighted by atomic mass is 10.2. The first-order chi connectivity index (χ1) is 13.5. The van der Waals surface area contributed by atoms with Gasteiger partial charge in [0.05, 0.1) is 0 Å². The number of rotatable bonds is 7. The number of benzene rings is 2. The van der Waals surface area contributed by atoms with Crippen LogP contribution in [0.3, 0.4) is 0 Å². The molecule has 2 amide bonds. The Morgan fingerprint density at radius 3 is 2.64 bits per heavy atom. The molecule has 0 bridgehead atoms. The fourth-order valence-corrected chi connectivity index (χ4v) is 3.09. The van der Waals surface area contributed by atoms with E-state index in [1.54, 1.807) is 41.3 Å². The molecule has 1 heterocycles. The van der Waals surface area contributed by atoms with Crippen LogP contribution in [0.1, 0.15) is 31.7 Å². The van der Waals surface area contributed by atoms with Crippen LogP contribution in [0, 0.1) is 5.41 Å². The van der Waals surface area contributed by atoms with E-state index in [2.05, 4.69) is 5.32 Å². The smallest absolute Gasteiger partial charge is 0.265 e.